The predicted octanol–water partition coefficient (Wildman–Crippen LogP) is 3.17. The molecule has 3 nitrogen and oxygen atoms in total. The van der Waals surface area contributed by atoms with Crippen LogP contribution < -0.4 is 4.90 Å². The average molecular weight is 274 g/mol. The van der Waals surface area contributed by atoms with Gasteiger partial charge in [0.15, 0.2) is 5.72 Å². The highest BCUT2D eigenvalue weighted by atomic mass is 35.5. The molecule has 0 fully saturated rings. The fraction of sp³-hybridized carbons (Fsp3) is 0.133. The smallest absolute Gasteiger partial charge is 0.262 e. The Morgan fingerprint density at radius 3 is 2.42 bits per heavy atom. The minimum atomic E-state index is -1.39. The number of hydrogen-bond acceptors (Lipinski definition) is 2. The molecule has 0 saturated heterocycles. The van der Waals surface area contributed by atoms with Gasteiger partial charge in [0.2, 0.25) is 0 Å². The Labute approximate surface area is 116 Å². The molecule has 1 N–H and O–H groups in total. The van der Waals surface area contributed by atoms with E-state index in [2.05, 4.69) is 0 Å². The van der Waals surface area contributed by atoms with E-state index in [1.807, 2.05) is 18.2 Å². The first kappa shape index (κ1) is 12.2. The van der Waals surface area contributed by atoms with Crippen LogP contribution in [-0.2, 0) is 5.72 Å². The molecule has 1 heterocycles. The van der Waals surface area contributed by atoms with Gasteiger partial charge >= 0.3 is 0 Å². The highest BCUT2D eigenvalue weighted by Crippen LogP contribution is 2.42. The van der Waals surface area contributed by atoms with Crippen LogP contribution in [0.25, 0.3) is 0 Å². The first-order valence-electron chi connectivity index (χ1n) is 5.94. The molecule has 2 aromatic rings. The topological polar surface area (TPSA) is 40.5 Å². The number of hydrogen-bond donors (Lipinski definition) is 1. The summed E-state index contributed by atoms with van der Waals surface area (Å²) in [6.45, 7) is 1.60. The van der Waals surface area contributed by atoms with Crippen LogP contribution in [-0.4, -0.2) is 11.0 Å². The number of para-hydroxylation sites is 1. The molecule has 0 spiro atoms. The van der Waals surface area contributed by atoms with E-state index >= 15 is 0 Å². The number of carbonyl (C=O) groups excluding carboxylic acids is 1. The molecule has 96 valence electrons. The normalized spacial score (nSPS) is 21.6. The van der Waals surface area contributed by atoms with Gasteiger partial charge in [0, 0.05) is 11.3 Å². The number of aliphatic hydroxyl groups is 1. The fourth-order valence-corrected chi connectivity index (χ4v) is 2.77. The third-order valence-corrected chi connectivity index (χ3v) is 3.71. The van der Waals surface area contributed by atoms with Gasteiger partial charge in [-0.2, -0.15) is 0 Å². The number of benzene rings is 2. The molecule has 2 aromatic carbocycles. The number of carbonyl (C=O) groups is 1. The van der Waals surface area contributed by atoms with Crippen molar-refractivity contribution in [1.29, 1.82) is 0 Å². The molecule has 1 atom stereocenters. The molecule has 1 aliphatic rings. The zero-order valence-corrected chi connectivity index (χ0v) is 11.1. The van der Waals surface area contributed by atoms with Gasteiger partial charge in [0.25, 0.3) is 5.91 Å². The second-order valence-electron chi connectivity index (χ2n) is 4.66. The van der Waals surface area contributed by atoms with Crippen LogP contribution in [0.4, 0.5) is 5.69 Å². The van der Waals surface area contributed by atoms with Gasteiger partial charge in [-0.1, -0.05) is 41.9 Å². The lowest BCUT2D eigenvalue weighted by atomic mass is 10.0. The van der Waals surface area contributed by atoms with Gasteiger partial charge in [-0.15, -0.1) is 0 Å². The maximum Gasteiger partial charge on any atom is 0.262 e. The summed E-state index contributed by atoms with van der Waals surface area (Å²) < 4.78 is 0. The van der Waals surface area contributed by atoms with E-state index in [9.17, 15) is 9.90 Å². The van der Waals surface area contributed by atoms with Crippen molar-refractivity contribution in [2.75, 3.05) is 4.90 Å². The quantitative estimate of drug-likeness (QED) is 0.867. The van der Waals surface area contributed by atoms with Crippen LogP contribution >= 0.6 is 11.6 Å². The van der Waals surface area contributed by atoms with Crippen molar-refractivity contribution < 1.29 is 9.90 Å². The third kappa shape index (κ3) is 1.66. The summed E-state index contributed by atoms with van der Waals surface area (Å²) in [7, 11) is 0. The molecule has 1 amide bonds. The van der Waals surface area contributed by atoms with E-state index in [1.165, 1.54) is 4.90 Å². The highest BCUT2D eigenvalue weighted by molar-refractivity contribution is 6.35. The summed E-state index contributed by atoms with van der Waals surface area (Å²) in [6, 6.07) is 14.2. The average Bonchev–Trinajstić information content (AvgIpc) is 2.59. The molecule has 3 rings (SSSR count). The van der Waals surface area contributed by atoms with Crippen LogP contribution in [0.3, 0.4) is 0 Å². The largest absolute Gasteiger partial charge is 0.367 e. The lowest BCUT2D eigenvalue weighted by Crippen LogP contribution is -2.41. The standard InChI is InChI=1S/C15H12ClNO2/c1-15(19)11-8-5-9-12(16)13(11)14(18)17(15)10-6-3-2-4-7-10/h2-9,19H,1H3. The predicted molar refractivity (Wildman–Crippen MR) is 74.3 cm³/mol. The summed E-state index contributed by atoms with van der Waals surface area (Å²) in [5, 5.41) is 11.1. The zero-order chi connectivity index (χ0) is 13.6. The second-order valence-corrected chi connectivity index (χ2v) is 5.07. The van der Waals surface area contributed by atoms with Crippen molar-refractivity contribution in [2.45, 2.75) is 12.6 Å². The monoisotopic (exact) mass is 273 g/mol. The molecule has 0 radical (unpaired) electrons. The summed E-state index contributed by atoms with van der Waals surface area (Å²) in [5.41, 5.74) is 0.162. The van der Waals surface area contributed by atoms with Gasteiger partial charge in [-0.25, -0.2) is 0 Å². The zero-order valence-electron chi connectivity index (χ0n) is 10.3. The molecule has 4 heteroatoms. The van der Waals surface area contributed by atoms with Gasteiger partial charge in [0.1, 0.15) is 0 Å². The number of anilines is 1. The molecule has 0 saturated carbocycles. The van der Waals surface area contributed by atoms with E-state index in [1.54, 1.807) is 37.3 Å². The van der Waals surface area contributed by atoms with Crippen LogP contribution in [0.1, 0.15) is 22.8 Å². The van der Waals surface area contributed by atoms with E-state index in [4.69, 9.17) is 11.6 Å². The molecular weight excluding hydrogens is 262 g/mol. The first-order chi connectivity index (χ1) is 9.03. The number of fused-ring (bicyclic) bond motifs is 1. The van der Waals surface area contributed by atoms with Crippen LogP contribution in [0.5, 0.6) is 0 Å². The third-order valence-electron chi connectivity index (χ3n) is 3.39. The number of halogens is 1. The van der Waals surface area contributed by atoms with E-state index in [-0.39, 0.29) is 5.91 Å². The minimum Gasteiger partial charge on any atom is -0.367 e. The Morgan fingerprint density at radius 2 is 1.79 bits per heavy atom. The lowest BCUT2D eigenvalue weighted by molar-refractivity contribution is 0.0555. The number of nitrogens with zero attached hydrogens (tertiary/aromatic N) is 1. The maximum absolute atomic E-state index is 12.5. The fourth-order valence-electron chi connectivity index (χ4n) is 2.51. The Morgan fingerprint density at radius 1 is 1.11 bits per heavy atom. The van der Waals surface area contributed by atoms with Gasteiger partial charge in [0.05, 0.1) is 10.6 Å². The second kappa shape index (κ2) is 4.08. The molecular formula is C15H12ClNO2. The summed E-state index contributed by atoms with van der Waals surface area (Å²) in [6.07, 6.45) is 0. The van der Waals surface area contributed by atoms with Gasteiger partial charge < -0.3 is 5.11 Å². The summed E-state index contributed by atoms with van der Waals surface area (Å²) in [4.78, 5) is 13.9. The lowest BCUT2D eigenvalue weighted by Gasteiger charge is -2.30. The molecule has 0 aliphatic carbocycles. The number of rotatable bonds is 1. The molecule has 0 bridgehead atoms. The van der Waals surface area contributed by atoms with Crippen molar-refractivity contribution in [2.24, 2.45) is 0 Å². The SMILES string of the molecule is CC1(O)c2cccc(Cl)c2C(=O)N1c1ccccc1. The van der Waals surface area contributed by atoms with Crippen LogP contribution in [0.2, 0.25) is 5.02 Å². The van der Waals surface area contributed by atoms with Crippen molar-refractivity contribution in [3.8, 4) is 0 Å². The first-order valence-corrected chi connectivity index (χ1v) is 6.32. The molecule has 19 heavy (non-hydrogen) atoms. The molecule has 1 unspecified atom stereocenters. The minimum absolute atomic E-state index is 0.281. The summed E-state index contributed by atoms with van der Waals surface area (Å²) in [5.74, 6) is -0.281. The van der Waals surface area contributed by atoms with Crippen molar-refractivity contribution in [3.05, 3.63) is 64.7 Å². The van der Waals surface area contributed by atoms with E-state index in [0.717, 1.165) is 0 Å². The van der Waals surface area contributed by atoms with Crippen LogP contribution in [0, 0.1) is 0 Å². The Balaban J connectivity index is 2.22. The van der Waals surface area contributed by atoms with Crippen molar-refractivity contribution >= 4 is 23.2 Å². The van der Waals surface area contributed by atoms with Gasteiger partial charge in [-0.05, 0) is 25.1 Å². The molecule has 1 aliphatic heterocycles. The highest BCUT2D eigenvalue weighted by Gasteiger charge is 2.46. The molecule has 0 aromatic heterocycles. The maximum atomic E-state index is 12.5. The van der Waals surface area contributed by atoms with Crippen molar-refractivity contribution in [1.82, 2.24) is 0 Å². The Kier molecular flexibility index (Phi) is 2.62. The van der Waals surface area contributed by atoms with Gasteiger partial charge in [-0.3, -0.25) is 9.69 Å². The summed E-state index contributed by atoms with van der Waals surface area (Å²) >= 11 is 6.09. The van der Waals surface area contributed by atoms with E-state index < -0.39 is 5.72 Å². The van der Waals surface area contributed by atoms with Crippen molar-refractivity contribution in [3.63, 3.8) is 0 Å². The van der Waals surface area contributed by atoms with Crippen LogP contribution in [0.15, 0.2) is 48.5 Å². The Hall–Kier alpha value is -1.84. The van der Waals surface area contributed by atoms with E-state index in [0.29, 0.717) is 21.8 Å². The number of amides is 1. The Bertz CT molecular complexity index is 652.